The number of carboxylic acids is 1. The molecule has 1 unspecified atom stereocenters. The summed E-state index contributed by atoms with van der Waals surface area (Å²) < 4.78 is 11.2. The first-order valence-electron chi connectivity index (χ1n) is 7.47. The molecule has 0 radical (unpaired) electrons. The van der Waals surface area contributed by atoms with Crippen LogP contribution in [0.25, 0.3) is 0 Å². The Morgan fingerprint density at radius 1 is 1.43 bits per heavy atom. The molecule has 1 aliphatic heterocycles. The maximum absolute atomic E-state index is 12.5. The fraction of sp³-hybridized carbons (Fsp3) is 0.438. The number of nitrogens with zero attached hydrogens (tertiary/aromatic N) is 1. The van der Waals surface area contributed by atoms with Crippen molar-refractivity contribution < 1.29 is 29.0 Å². The van der Waals surface area contributed by atoms with Gasteiger partial charge in [-0.25, -0.2) is 0 Å². The summed E-state index contributed by atoms with van der Waals surface area (Å²) in [6.07, 6.45) is 0.200. The van der Waals surface area contributed by atoms with Crippen LogP contribution in [0.3, 0.4) is 0 Å². The Labute approximate surface area is 133 Å². The molecule has 23 heavy (non-hydrogen) atoms. The predicted octanol–water partition coefficient (Wildman–Crippen LogP) is 1.88. The maximum atomic E-state index is 12.5. The molecule has 0 saturated carbocycles. The number of aldehydes is 1. The molecule has 1 heterocycles. The number of carboxylic acid groups (broad SMARTS) is 1. The zero-order chi connectivity index (χ0) is 17.0. The van der Waals surface area contributed by atoms with E-state index in [0.717, 1.165) is 0 Å². The zero-order valence-electron chi connectivity index (χ0n) is 13.1. The third-order valence-electron chi connectivity index (χ3n) is 3.51. The molecule has 0 spiro atoms. The van der Waals surface area contributed by atoms with Crippen LogP contribution in [-0.4, -0.2) is 42.5 Å². The van der Waals surface area contributed by atoms with Gasteiger partial charge in [-0.1, -0.05) is 6.92 Å². The van der Waals surface area contributed by atoms with Crippen molar-refractivity contribution in [2.75, 3.05) is 18.1 Å². The monoisotopic (exact) mass is 321 g/mol. The van der Waals surface area contributed by atoms with Crippen molar-refractivity contribution in [3.05, 3.63) is 17.7 Å². The quantitative estimate of drug-likeness (QED) is 0.771. The van der Waals surface area contributed by atoms with E-state index in [4.69, 9.17) is 14.6 Å². The number of rotatable bonds is 7. The van der Waals surface area contributed by atoms with E-state index in [-0.39, 0.29) is 18.9 Å². The minimum absolute atomic E-state index is 0.00883. The lowest BCUT2D eigenvalue weighted by Crippen LogP contribution is -2.46. The van der Waals surface area contributed by atoms with Crippen LogP contribution >= 0.6 is 0 Å². The molecule has 7 nitrogen and oxygen atoms in total. The fourth-order valence-electron chi connectivity index (χ4n) is 2.44. The van der Waals surface area contributed by atoms with Crippen molar-refractivity contribution in [3.8, 4) is 11.5 Å². The summed E-state index contributed by atoms with van der Waals surface area (Å²) >= 11 is 0. The molecule has 0 fully saturated rings. The third-order valence-corrected chi connectivity index (χ3v) is 3.51. The number of anilines is 1. The standard InChI is InChI=1S/C16H19NO6/c1-3-12-16(21)17(6-5-14(19)20)11-7-10(9-18)8-13(22-4-2)15(11)23-12/h7-9,12H,3-6H2,1-2H3,(H,19,20). The molecule has 0 saturated heterocycles. The fourth-order valence-corrected chi connectivity index (χ4v) is 2.44. The molecule has 0 bridgehead atoms. The van der Waals surface area contributed by atoms with Gasteiger partial charge in [0.2, 0.25) is 0 Å². The molecular weight excluding hydrogens is 302 g/mol. The van der Waals surface area contributed by atoms with E-state index in [0.29, 0.717) is 42.1 Å². The highest BCUT2D eigenvalue weighted by molar-refractivity contribution is 6.02. The number of amides is 1. The number of carbonyl (C=O) groups is 3. The molecule has 1 aromatic carbocycles. The lowest BCUT2D eigenvalue weighted by Gasteiger charge is -2.34. The van der Waals surface area contributed by atoms with Gasteiger partial charge in [0.1, 0.15) is 6.29 Å². The van der Waals surface area contributed by atoms with Crippen LogP contribution in [0.15, 0.2) is 12.1 Å². The second-order valence-corrected chi connectivity index (χ2v) is 5.07. The van der Waals surface area contributed by atoms with Gasteiger partial charge < -0.3 is 19.5 Å². The number of fused-ring (bicyclic) bond motifs is 1. The highest BCUT2D eigenvalue weighted by Crippen LogP contribution is 2.43. The number of hydrogen-bond acceptors (Lipinski definition) is 5. The summed E-state index contributed by atoms with van der Waals surface area (Å²) in [6.45, 7) is 3.99. The van der Waals surface area contributed by atoms with Gasteiger partial charge in [0.15, 0.2) is 17.6 Å². The number of ether oxygens (including phenoxy) is 2. The normalized spacial score (nSPS) is 16.5. The Hall–Kier alpha value is -2.57. The number of hydrogen-bond donors (Lipinski definition) is 1. The largest absolute Gasteiger partial charge is 0.490 e. The van der Waals surface area contributed by atoms with Crippen LogP contribution in [0.2, 0.25) is 0 Å². The SMILES string of the molecule is CCOc1cc(C=O)cc2c1OC(CC)C(=O)N2CCC(=O)O. The Bertz CT molecular complexity index is 627. The summed E-state index contributed by atoms with van der Waals surface area (Å²) in [5.41, 5.74) is 0.702. The Balaban J connectivity index is 2.52. The van der Waals surface area contributed by atoms with E-state index < -0.39 is 12.1 Å². The van der Waals surface area contributed by atoms with Gasteiger partial charge in [-0.05, 0) is 25.5 Å². The zero-order valence-corrected chi connectivity index (χ0v) is 13.1. The van der Waals surface area contributed by atoms with Gasteiger partial charge in [-0.15, -0.1) is 0 Å². The van der Waals surface area contributed by atoms with E-state index in [9.17, 15) is 14.4 Å². The second-order valence-electron chi connectivity index (χ2n) is 5.07. The van der Waals surface area contributed by atoms with Crippen molar-refractivity contribution >= 4 is 23.9 Å². The molecule has 0 aromatic heterocycles. The van der Waals surface area contributed by atoms with Crippen molar-refractivity contribution in [2.24, 2.45) is 0 Å². The lowest BCUT2D eigenvalue weighted by molar-refractivity contribution is -0.136. The Morgan fingerprint density at radius 2 is 2.17 bits per heavy atom. The van der Waals surface area contributed by atoms with Crippen molar-refractivity contribution in [1.29, 1.82) is 0 Å². The second kappa shape index (κ2) is 7.13. The average Bonchev–Trinajstić information content (AvgIpc) is 2.53. The van der Waals surface area contributed by atoms with Crippen molar-refractivity contribution in [3.63, 3.8) is 0 Å². The number of aliphatic carboxylic acids is 1. The molecule has 1 atom stereocenters. The molecule has 1 aromatic rings. The van der Waals surface area contributed by atoms with E-state index in [1.807, 2.05) is 6.92 Å². The molecule has 1 N–H and O–H groups in total. The molecular formula is C16H19NO6. The number of carbonyl (C=O) groups excluding carboxylic acids is 2. The Kier molecular flexibility index (Phi) is 5.20. The average molecular weight is 321 g/mol. The molecule has 1 amide bonds. The maximum Gasteiger partial charge on any atom is 0.305 e. The predicted molar refractivity (Wildman–Crippen MR) is 82.3 cm³/mol. The van der Waals surface area contributed by atoms with Crippen LogP contribution in [0.5, 0.6) is 11.5 Å². The van der Waals surface area contributed by atoms with Crippen molar-refractivity contribution in [2.45, 2.75) is 32.8 Å². The molecule has 1 aliphatic rings. The first-order valence-corrected chi connectivity index (χ1v) is 7.47. The van der Waals surface area contributed by atoms with Crippen LogP contribution < -0.4 is 14.4 Å². The summed E-state index contributed by atoms with van der Waals surface area (Å²) in [5, 5.41) is 8.89. The van der Waals surface area contributed by atoms with Crippen molar-refractivity contribution in [1.82, 2.24) is 0 Å². The first kappa shape index (κ1) is 16.8. The molecule has 7 heteroatoms. The summed E-state index contributed by atoms with van der Waals surface area (Å²) in [7, 11) is 0. The van der Waals surface area contributed by atoms with Crippen LogP contribution in [0, 0.1) is 0 Å². The van der Waals surface area contributed by atoms with E-state index in [1.165, 1.54) is 11.0 Å². The van der Waals surface area contributed by atoms with Gasteiger partial charge >= 0.3 is 5.97 Å². The topological polar surface area (TPSA) is 93.1 Å². The van der Waals surface area contributed by atoms with Crippen LogP contribution in [-0.2, 0) is 9.59 Å². The van der Waals surface area contributed by atoms with Gasteiger partial charge in [0.05, 0.1) is 18.7 Å². The Morgan fingerprint density at radius 3 is 2.74 bits per heavy atom. The van der Waals surface area contributed by atoms with E-state index in [1.54, 1.807) is 13.0 Å². The minimum atomic E-state index is -1.00. The van der Waals surface area contributed by atoms with Gasteiger partial charge in [-0.3, -0.25) is 14.4 Å². The summed E-state index contributed by atoms with van der Waals surface area (Å²) in [5.74, 6) is -0.574. The summed E-state index contributed by atoms with van der Waals surface area (Å²) in [4.78, 5) is 35.8. The highest BCUT2D eigenvalue weighted by atomic mass is 16.5. The smallest absolute Gasteiger partial charge is 0.305 e. The minimum Gasteiger partial charge on any atom is -0.490 e. The van der Waals surface area contributed by atoms with Crippen LogP contribution in [0.1, 0.15) is 37.0 Å². The van der Waals surface area contributed by atoms with Gasteiger partial charge in [0.25, 0.3) is 5.91 Å². The van der Waals surface area contributed by atoms with E-state index in [2.05, 4.69) is 0 Å². The lowest BCUT2D eigenvalue weighted by atomic mass is 10.1. The molecule has 0 aliphatic carbocycles. The summed E-state index contributed by atoms with van der Waals surface area (Å²) in [6, 6.07) is 3.06. The number of benzene rings is 1. The van der Waals surface area contributed by atoms with Crippen LogP contribution in [0.4, 0.5) is 5.69 Å². The highest BCUT2D eigenvalue weighted by Gasteiger charge is 2.35. The third kappa shape index (κ3) is 3.44. The first-order chi connectivity index (χ1) is 11.0. The molecule has 2 rings (SSSR count). The molecule has 124 valence electrons. The van der Waals surface area contributed by atoms with Gasteiger partial charge in [-0.2, -0.15) is 0 Å². The van der Waals surface area contributed by atoms with Gasteiger partial charge in [0, 0.05) is 12.1 Å². The van der Waals surface area contributed by atoms with E-state index >= 15 is 0 Å².